The number of rotatable bonds is 5. The van der Waals surface area contributed by atoms with E-state index in [1.54, 1.807) is 30.6 Å². The first-order valence-electron chi connectivity index (χ1n) is 10.5. The number of aliphatic hydroxyl groups excluding tert-OH is 1. The summed E-state index contributed by atoms with van der Waals surface area (Å²) >= 11 is 0. The molecule has 0 unspecified atom stereocenters. The van der Waals surface area contributed by atoms with Crippen LogP contribution in [0.4, 0.5) is 19.0 Å². The first kappa shape index (κ1) is 24.1. The molecule has 11 heteroatoms. The van der Waals surface area contributed by atoms with Gasteiger partial charge in [0.2, 0.25) is 0 Å². The van der Waals surface area contributed by atoms with Crippen LogP contribution < -0.4 is 4.90 Å². The van der Waals surface area contributed by atoms with E-state index in [2.05, 4.69) is 15.0 Å². The topological polar surface area (TPSA) is 96.3 Å². The first-order valence-corrected chi connectivity index (χ1v) is 12.4. The minimum Gasteiger partial charge on any atom is -0.395 e. The van der Waals surface area contributed by atoms with E-state index in [9.17, 15) is 26.7 Å². The highest BCUT2D eigenvalue weighted by atomic mass is 32.2. The molecule has 0 radical (unpaired) electrons. The number of alkyl halides is 3. The minimum atomic E-state index is -4.44. The number of hydrogen-bond acceptors (Lipinski definition) is 7. The number of sulfone groups is 1. The normalized spacial score (nSPS) is 16.4. The van der Waals surface area contributed by atoms with E-state index in [0.717, 1.165) is 18.4 Å². The number of piperidine rings is 1. The Kier molecular flexibility index (Phi) is 6.34. The standard InChI is InChI=1S/C23H23F3N4O3S/c1-34(32,33)22(15-31)8-11-30(12-9-22)20-13-19(16-4-6-18(7-5-16)23(24,25)26)28-21(29-20)17-3-2-10-27-14-17/h2-7,10,13-14,31H,8-9,11-12,15H2,1H3. The number of benzene rings is 1. The van der Waals surface area contributed by atoms with Gasteiger partial charge in [-0.1, -0.05) is 12.1 Å². The van der Waals surface area contributed by atoms with Gasteiger partial charge in [-0.2, -0.15) is 13.2 Å². The molecule has 1 aliphatic rings. The fourth-order valence-electron chi connectivity index (χ4n) is 3.99. The Balaban J connectivity index is 1.72. The average molecular weight is 493 g/mol. The molecule has 180 valence electrons. The lowest BCUT2D eigenvalue weighted by molar-refractivity contribution is -0.137. The van der Waals surface area contributed by atoms with E-state index in [-0.39, 0.29) is 12.8 Å². The van der Waals surface area contributed by atoms with Gasteiger partial charge in [0.05, 0.1) is 22.6 Å². The lowest BCUT2D eigenvalue weighted by atomic mass is 9.96. The van der Waals surface area contributed by atoms with Crippen molar-refractivity contribution in [1.29, 1.82) is 0 Å². The van der Waals surface area contributed by atoms with Crippen LogP contribution in [0.25, 0.3) is 22.6 Å². The molecule has 0 atom stereocenters. The molecule has 1 saturated heterocycles. The minimum absolute atomic E-state index is 0.226. The van der Waals surface area contributed by atoms with E-state index in [4.69, 9.17) is 0 Å². The molecule has 4 rings (SSSR count). The number of anilines is 1. The molecule has 2 aromatic heterocycles. The maximum atomic E-state index is 13.0. The van der Waals surface area contributed by atoms with Crippen molar-refractivity contribution in [1.82, 2.24) is 15.0 Å². The Morgan fingerprint density at radius 2 is 1.74 bits per heavy atom. The van der Waals surface area contributed by atoms with E-state index >= 15 is 0 Å². The second-order valence-corrected chi connectivity index (χ2v) is 10.8. The maximum Gasteiger partial charge on any atom is 0.416 e. The first-order chi connectivity index (χ1) is 16.0. The highest BCUT2D eigenvalue weighted by molar-refractivity contribution is 7.92. The summed E-state index contributed by atoms with van der Waals surface area (Å²) < 4.78 is 62.3. The van der Waals surface area contributed by atoms with Crippen LogP contribution in [0.2, 0.25) is 0 Å². The molecule has 0 aliphatic carbocycles. The van der Waals surface area contributed by atoms with Crippen molar-refractivity contribution in [2.75, 3.05) is 30.9 Å². The Morgan fingerprint density at radius 1 is 1.06 bits per heavy atom. The molecule has 7 nitrogen and oxygen atoms in total. The van der Waals surface area contributed by atoms with Crippen LogP contribution in [0.5, 0.6) is 0 Å². The van der Waals surface area contributed by atoms with Gasteiger partial charge in [0.15, 0.2) is 15.7 Å². The van der Waals surface area contributed by atoms with Crippen molar-refractivity contribution < 1.29 is 26.7 Å². The fourth-order valence-corrected chi connectivity index (χ4v) is 5.15. The molecule has 0 bridgehead atoms. The number of pyridine rings is 1. The summed E-state index contributed by atoms with van der Waals surface area (Å²) in [5.74, 6) is 0.867. The number of halogens is 3. The zero-order chi connectivity index (χ0) is 24.6. The van der Waals surface area contributed by atoms with Gasteiger partial charge >= 0.3 is 6.18 Å². The summed E-state index contributed by atoms with van der Waals surface area (Å²) in [6.07, 6.45) is 0.338. The zero-order valence-electron chi connectivity index (χ0n) is 18.3. The zero-order valence-corrected chi connectivity index (χ0v) is 19.1. The quantitative estimate of drug-likeness (QED) is 0.581. The van der Waals surface area contributed by atoms with Gasteiger partial charge < -0.3 is 10.0 Å². The van der Waals surface area contributed by atoms with Crippen LogP contribution in [-0.2, 0) is 16.0 Å². The number of aromatic nitrogens is 3. The second-order valence-electron chi connectivity index (χ2n) is 8.35. The SMILES string of the molecule is CS(=O)(=O)C1(CO)CCN(c2cc(-c3ccc(C(F)(F)F)cc3)nc(-c3cccnc3)n2)CC1. The van der Waals surface area contributed by atoms with Crippen molar-refractivity contribution in [3.8, 4) is 22.6 Å². The highest BCUT2D eigenvalue weighted by Gasteiger charge is 2.43. The molecule has 1 fully saturated rings. The molecule has 0 amide bonds. The van der Waals surface area contributed by atoms with Crippen molar-refractivity contribution in [2.45, 2.75) is 23.8 Å². The van der Waals surface area contributed by atoms with Crippen LogP contribution in [-0.4, -0.2) is 59.2 Å². The van der Waals surface area contributed by atoms with Gasteiger partial charge in [0, 0.05) is 48.9 Å². The molecule has 1 aromatic carbocycles. The van der Waals surface area contributed by atoms with Crippen molar-refractivity contribution in [2.24, 2.45) is 0 Å². The predicted molar refractivity (Wildman–Crippen MR) is 122 cm³/mol. The summed E-state index contributed by atoms with van der Waals surface area (Å²) in [4.78, 5) is 15.2. The van der Waals surface area contributed by atoms with Crippen LogP contribution in [0.3, 0.4) is 0 Å². The molecule has 1 aliphatic heterocycles. The van der Waals surface area contributed by atoms with Gasteiger partial charge in [-0.05, 0) is 37.1 Å². The molecule has 3 heterocycles. The molecule has 3 aromatic rings. The number of hydrogen-bond donors (Lipinski definition) is 1. The molecule has 0 saturated carbocycles. The van der Waals surface area contributed by atoms with Crippen molar-refractivity contribution in [3.63, 3.8) is 0 Å². The molecular weight excluding hydrogens is 469 g/mol. The predicted octanol–water partition coefficient (Wildman–Crippen LogP) is 3.60. The van der Waals surface area contributed by atoms with Crippen LogP contribution in [0.1, 0.15) is 18.4 Å². The lowest BCUT2D eigenvalue weighted by Crippen LogP contribution is -2.51. The molecule has 1 N–H and O–H groups in total. The molecule has 34 heavy (non-hydrogen) atoms. The third-order valence-electron chi connectivity index (χ3n) is 6.21. The van der Waals surface area contributed by atoms with Gasteiger partial charge in [-0.15, -0.1) is 0 Å². The molecule has 0 spiro atoms. The summed E-state index contributed by atoms with van der Waals surface area (Å²) in [6.45, 7) is 0.217. The molecular formula is C23H23F3N4O3S. The van der Waals surface area contributed by atoms with Crippen LogP contribution in [0.15, 0.2) is 54.9 Å². The fraction of sp³-hybridized carbons (Fsp3) is 0.348. The Bertz CT molecular complexity index is 1260. The smallest absolute Gasteiger partial charge is 0.395 e. The second kappa shape index (κ2) is 8.95. The largest absolute Gasteiger partial charge is 0.416 e. The van der Waals surface area contributed by atoms with Crippen LogP contribution >= 0.6 is 0 Å². The Morgan fingerprint density at radius 3 is 2.26 bits per heavy atom. The third kappa shape index (κ3) is 4.76. The monoisotopic (exact) mass is 492 g/mol. The van der Waals surface area contributed by atoms with E-state index in [0.29, 0.717) is 41.6 Å². The van der Waals surface area contributed by atoms with Gasteiger partial charge in [-0.3, -0.25) is 4.98 Å². The van der Waals surface area contributed by atoms with Crippen molar-refractivity contribution in [3.05, 3.63) is 60.4 Å². The highest BCUT2D eigenvalue weighted by Crippen LogP contribution is 2.34. The van der Waals surface area contributed by atoms with E-state index < -0.39 is 32.9 Å². The van der Waals surface area contributed by atoms with Gasteiger partial charge in [0.1, 0.15) is 5.82 Å². The summed E-state index contributed by atoms with van der Waals surface area (Å²) in [5.41, 5.74) is 0.796. The van der Waals surface area contributed by atoms with E-state index in [1.165, 1.54) is 12.1 Å². The Hall–Kier alpha value is -3.05. The summed E-state index contributed by atoms with van der Waals surface area (Å²) in [7, 11) is -3.47. The summed E-state index contributed by atoms with van der Waals surface area (Å²) in [6, 6.07) is 9.91. The lowest BCUT2D eigenvalue weighted by Gasteiger charge is -2.39. The maximum absolute atomic E-state index is 13.0. The number of nitrogens with zero attached hydrogens (tertiary/aromatic N) is 4. The van der Waals surface area contributed by atoms with E-state index in [1.807, 2.05) is 4.90 Å². The van der Waals surface area contributed by atoms with Gasteiger partial charge in [-0.25, -0.2) is 18.4 Å². The van der Waals surface area contributed by atoms with Gasteiger partial charge in [0.25, 0.3) is 0 Å². The van der Waals surface area contributed by atoms with Crippen LogP contribution in [0, 0.1) is 0 Å². The average Bonchev–Trinajstić information content (AvgIpc) is 2.83. The number of aliphatic hydroxyl groups is 1. The third-order valence-corrected chi connectivity index (χ3v) is 8.32. The Labute approximate surface area is 195 Å². The summed E-state index contributed by atoms with van der Waals surface area (Å²) in [5, 5.41) is 9.79. The van der Waals surface area contributed by atoms with Crippen molar-refractivity contribution >= 4 is 15.7 Å².